The maximum absolute atomic E-state index is 12.2. The number of hydrogen-bond acceptors (Lipinski definition) is 4. The van der Waals surface area contributed by atoms with Gasteiger partial charge in [-0.05, 0) is 51.5 Å². The van der Waals surface area contributed by atoms with Gasteiger partial charge in [0.15, 0.2) is 0 Å². The van der Waals surface area contributed by atoms with Gasteiger partial charge in [0, 0.05) is 24.4 Å². The summed E-state index contributed by atoms with van der Waals surface area (Å²) in [6.45, 7) is 5.41. The highest BCUT2D eigenvalue weighted by Gasteiger charge is 2.30. The average molecular weight is 289 g/mol. The van der Waals surface area contributed by atoms with Crippen molar-refractivity contribution < 1.29 is 9.53 Å². The minimum atomic E-state index is 0.0168. The molecule has 1 saturated carbocycles. The molecule has 5 nitrogen and oxygen atoms in total. The van der Waals surface area contributed by atoms with Crippen LogP contribution >= 0.6 is 0 Å². The van der Waals surface area contributed by atoms with Crippen molar-refractivity contribution in [3.05, 3.63) is 17.5 Å². The molecule has 1 aliphatic heterocycles. The molecular formula is C16H23N3O2. The molecular weight excluding hydrogens is 266 g/mol. The molecule has 1 aliphatic carbocycles. The molecule has 1 aromatic rings. The number of amides is 1. The van der Waals surface area contributed by atoms with E-state index in [9.17, 15) is 4.79 Å². The van der Waals surface area contributed by atoms with Gasteiger partial charge < -0.3 is 9.64 Å². The molecule has 0 unspecified atom stereocenters. The molecule has 3 rings (SSSR count). The minimum Gasteiger partial charge on any atom is -0.458 e. The lowest BCUT2D eigenvalue weighted by molar-refractivity contribution is -0.134. The second-order valence-electron chi connectivity index (χ2n) is 6.30. The Bertz CT molecular complexity index is 508. The van der Waals surface area contributed by atoms with E-state index in [4.69, 9.17) is 4.74 Å². The standard InChI is InChI=1S/C16H23N3O2/c1-11-8-12(2)18-16(17-11)21-14-4-3-7-19(10-14)15(20)9-13-5-6-13/h8,13-14H,3-7,9-10H2,1-2H3/t14-/m0/s1. The smallest absolute Gasteiger partial charge is 0.317 e. The topological polar surface area (TPSA) is 55.3 Å². The molecule has 0 aromatic carbocycles. The fourth-order valence-electron chi connectivity index (χ4n) is 2.85. The molecule has 21 heavy (non-hydrogen) atoms. The van der Waals surface area contributed by atoms with E-state index in [1.165, 1.54) is 12.8 Å². The van der Waals surface area contributed by atoms with Crippen LogP contribution in [0.25, 0.3) is 0 Å². The first-order chi connectivity index (χ1) is 10.1. The summed E-state index contributed by atoms with van der Waals surface area (Å²) >= 11 is 0. The monoisotopic (exact) mass is 289 g/mol. The Kier molecular flexibility index (Phi) is 4.08. The number of hydrogen-bond donors (Lipinski definition) is 0. The zero-order chi connectivity index (χ0) is 14.8. The Morgan fingerprint density at radius 1 is 1.29 bits per heavy atom. The lowest BCUT2D eigenvalue weighted by Gasteiger charge is -2.32. The van der Waals surface area contributed by atoms with Crippen molar-refractivity contribution >= 4 is 5.91 Å². The van der Waals surface area contributed by atoms with Crippen molar-refractivity contribution in [2.45, 2.75) is 52.1 Å². The van der Waals surface area contributed by atoms with Gasteiger partial charge in [-0.2, -0.15) is 0 Å². The number of likely N-dealkylation sites (tertiary alicyclic amines) is 1. The maximum atomic E-state index is 12.2. The van der Waals surface area contributed by atoms with Crippen LogP contribution in [0.15, 0.2) is 6.07 Å². The van der Waals surface area contributed by atoms with E-state index in [2.05, 4.69) is 9.97 Å². The summed E-state index contributed by atoms with van der Waals surface area (Å²) in [6, 6.07) is 2.37. The molecule has 0 bridgehead atoms. The number of carbonyl (C=O) groups excluding carboxylic acids is 1. The molecule has 5 heteroatoms. The van der Waals surface area contributed by atoms with Crippen LogP contribution in [0.3, 0.4) is 0 Å². The van der Waals surface area contributed by atoms with E-state index >= 15 is 0 Å². The Hall–Kier alpha value is -1.65. The Balaban J connectivity index is 1.58. The highest BCUT2D eigenvalue weighted by molar-refractivity contribution is 5.76. The second-order valence-corrected chi connectivity index (χ2v) is 6.30. The van der Waals surface area contributed by atoms with E-state index in [1.54, 1.807) is 0 Å². The minimum absolute atomic E-state index is 0.0168. The van der Waals surface area contributed by atoms with Crippen molar-refractivity contribution in [1.29, 1.82) is 0 Å². The van der Waals surface area contributed by atoms with Crippen LogP contribution in [0, 0.1) is 19.8 Å². The quantitative estimate of drug-likeness (QED) is 0.853. The Morgan fingerprint density at radius 2 is 2.00 bits per heavy atom. The van der Waals surface area contributed by atoms with Gasteiger partial charge in [-0.15, -0.1) is 0 Å². The summed E-state index contributed by atoms with van der Waals surface area (Å²) in [7, 11) is 0. The number of aryl methyl sites for hydroxylation is 2. The molecule has 0 radical (unpaired) electrons. The van der Waals surface area contributed by atoms with Gasteiger partial charge in [0.25, 0.3) is 0 Å². The third-order valence-electron chi connectivity index (χ3n) is 4.12. The van der Waals surface area contributed by atoms with Gasteiger partial charge in [0.2, 0.25) is 5.91 Å². The molecule has 1 aromatic heterocycles. The van der Waals surface area contributed by atoms with Crippen LogP contribution in [0.4, 0.5) is 0 Å². The molecule has 2 aliphatic rings. The molecule has 2 fully saturated rings. The van der Waals surface area contributed by atoms with Crippen LogP contribution in [-0.4, -0.2) is 40.0 Å². The Labute approximate surface area is 125 Å². The number of ether oxygens (including phenoxy) is 1. The molecule has 2 heterocycles. The van der Waals surface area contributed by atoms with Crippen LogP contribution in [0.2, 0.25) is 0 Å². The summed E-state index contributed by atoms with van der Waals surface area (Å²) in [5.74, 6) is 0.925. The SMILES string of the molecule is Cc1cc(C)nc(O[C@H]2CCCN(C(=O)CC3CC3)C2)n1. The first-order valence-corrected chi connectivity index (χ1v) is 7.87. The summed E-state index contributed by atoms with van der Waals surface area (Å²) < 4.78 is 5.90. The predicted molar refractivity (Wildman–Crippen MR) is 79.1 cm³/mol. The first kappa shape index (κ1) is 14.3. The lowest BCUT2D eigenvalue weighted by Crippen LogP contribution is -2.44. The zero-order valence-corrected chi connectivity index (χ0v) is 12.8. The molecule has 1 amide bonds. The Morgan fingerprint density at radius 3 is 2.67 bits per heavy atom. The van der Waals surface area contributed by atoms with Gasteiger partial charge in [0.1, 0.15) is 6.10 Å². The molecule has 114 valence electrons. The molecule has 1 atom stereocenters. The number of piperidine rings is 1. The van der Waals surface area contributed by atoms with Gasteiger partial charge in [-0.25, -0.2) is 9.97 Å². The highest BCUT2D eigenvalue weighted by Crippen LogP contribution is 2.33. The van der Waals surface area contributed by atoms with Crippen LogP contribution in [-0.2, 0) is 4.79 Å². The second kappa shape index (κ2) is 6.00. The first-order valence-electron chi connectivity index (χ1n) is 7.87. The summed E-state index contributed by atoms with van der Waals surface area (Å²) in [5.41, 5.74) is 1.82. The van der Waals surface area contributed by atoms with Crippen LogP contribution in [0.1, 0.15) is 43.5 Å². The fourth-order valence-corrected chi connectivity index (χ4v) is 2.85. The third-order valence-corrected chi connectivity index (χ3v) is 4.12. The van der Waals surface area contributed by atoms with Crippen molar-refractivity contribution in [3.63, 3.8) is 0 Å². The molecule has 0 N–H and O–H groups in total. The van der Waals surface area contributed by atoms with Crippen molar-refractivity contribution in [2.75, 3.05) is 13.1 Å². The summed E-state index contributed by atoms with van der Waals surface area (Å²) in [5, 5.41) is 0. The number of rotatable bonds is 4. The predicted octanol–water partition coefficient (Wildman–Crippen LogP) is 2.26. The third kappa shape index (κ3) is 3.93. The van der Waals surface area contributed by atoms with E-state index in [1.807, 2.05) is 24.8 Å². The largest absolute Gasteiger partial charge is 0.458 e. The number of aromatic nitrogens is 2. The zero-order valence-electron chi connectivity index (χ0n) is 12.8. The van der Waals surface area contributed by atoms with Crippen molar-refractivity contribution in [2.24, 2.45) is 5.92 Å². The summed E-state index contributed by atoms with van der Waals surface area (Å²) in [4.78, 5) is 22.8. The van der Waals surface area contributed by atoms with Gasteiger partial charge in [-0.1, -0.05) is 0 Å². The maximum Gasteiger partial charge on any atom is 0.317 e. The summed E-state index contributed by atoms with van der Waals surface area (Å²) in [6.07, 6.45) is 5.12. The van der Waals surface area contributed by atoms with E-state index in [-0.39, 0.29) is 12.0 Å². The van der Waals surface area contributed by atoms with Gasteiger partial charge >= 0.3 is 6.01 Å². The van der Waals surface area contributed by atoms with Crippen LogP contribution < -0.4 is 4.74 Å². The van der Waals surface area contributed by atoms with E-state index in [0.717, 1.165) is 30.8 Å². The number of nitrogens with zero attached hydrogens (tertiary/aromatic N) is 3. The fraction of sp³-hybridized carbons (Fsp3) is 0.688. The average Bonchev–Trinajstić information content (AvgIpc) is 3.21. The van der Waals surface area contributed by atoms with Crippen molar-refractivity contribution in [3.8, 4) is 6.01 Å². The van der Waals surface area contributed by atoms with E-state index in [0.29, 0.717) is 24.9 Å². The molecule has 0 spiro atoms. The van der Waals surface area contributed by atoms with Gasteiger partial charge in [-0.3, -0.25) is 4.79 Å². The molecule has 1 saturated heterocycles. The lowest BCUT2D eigenvalue weighted by atomic mass is 10.1. The van der Waals surface area contributed by atoms with E-state index < -0.39 is 0 Å². The number of carbonyl (C=O) groups is 1. The van der Waals surface area contributed by atoms with Crippen LogP contribution in [0.5, 0.6) is 6.01 Å². The van der Waals surface area contributed by atoms with Gasteiger partial charge in [0.05, 0.1) is 6.54 Å². The normalized spacial score (nSPS) is 22.2. The van der Waals surface area contributed by atoms with Crippen molar-refractivity contribution in [1.82, 2.24) is 14.9 Å². The highest BCUT2D eigenvalue weighted by atomic mass is 16.5.